The highest BCUT2D eigenvalue weighted by atomic mass is 35.5. The van der Waals surface area contributed by atoms with E-state index >= 15 is 0 Å². The van der Waals surface area contributed by atoms with Crippen molar-refractivity contribution in [3.63, 3.8) is 0 Å². The molecule has 0 spiro atoms. The minimum Gasteiger partial charge on any atom is -0.495 e. The van der Waals surface area contributed by atoms with Crippen LogP contribution in [0.1, 0.15) is 20.3 Å². The molecular weight excluding hydrogens is 436 g/mol. The van der Waals surface area contributed by atoms with E-state index in [1.54, 1.807) is 26.0 Å². The lowest BCUT2D eigenvalue weighted by Gasteiger charge is -2.28. The van der Waals surface area contributed by atoms with Gasteiger partial charge in [-0.25, -0.2) is 4.79 Å². The van der Waals surface area contributed by atoms with Crippen LogP contribution in [0.2, 0.25) is 5.02 Å². The molecule has 8 nitrogen and oxygen atoms in total. The van der Waals surface area contributed by atoms with Crippen LogP contribution in [0.15, 0.2) is 30.4 Å². The lowest BCUT2D eigenvalue weighted by atomic mass is 9.85. The van der Waals surface area contributed by atoms with Crippen LogP contribution in [-0.2, 0) is 23.9 Å². The molecule has 170 valence electrons. The normalized spacial score (nSPS) is 26.5. The number of hydrogen-bond donors (Lipinski definition) is 1. The fourth-order valence-electron chi connectivity index (χ4n) is 5.06. The van der Waals surface area contributed by atoms with E-state index in [2.05, 4.69) is 5.32 Å². The zero-order valence-corrected chi connectivity index (χ0v) is 18.8. The maximum absolute atomic E-state index is 13.1. The summed E-state index contributed by atoms with van der Waals surface area (Å²) in [7, 11) is 1.45. The first-order chi connectivity index (χ1) is 15.2. The van der Waals surface area contributed by atoms with Gasteiger partial charge in [-0.15, -0.1) is 0 Å². The van der Waals surface area contributed by atoms with Gasteiger partial charge in [0.2, 0.25) is 11.8 Å². The summed E-state index contributed by atoms with van der Waals surface area (Å²) in [4.78, 5) is 52.5. The molecule has 3 amide bonds. The van der Waals surface area contributed by atoms with Crippen molar-refractivity contribution in [1.29, 1.82) is 0 Å². The van der Waals surface area contributed by atoms with E-state index < -0.39 is 36.4 Å². The van der Waals surface area contributed by atoms with Crippen LogP contribution in [-0.4, -0.2) is 48.3 Å². The van der Waals surface area contributed by atoms with Gasteiger partial charge in [0.05, 0.1) is 24.6 Å². The van der Waals surface area contributed by atoms with Crippen molar-refractivity contribution in [3.05, 3.63) is 35.4 Å². The van der Waals surface area contributed by atoms with Crippen LogP contribution in [0.3, 0.4) is 0 Å². The quantitative estimate of drug-likeness (QED) is 0.381. The molecule has 9 heteroatoms. The highest BCUT2D eigenvalue weighted by molar-refractivity contribution is 6.31. The second kappa shape index (κ2) is 8.58. The number of anilines is 1. The Kier molecular flexibility index (Phi) is 5.99. The number of methoxy groups -OCH3 is 1. The number of rotatable bonds is 7. The standard InChI is InChI=1S/C23H25ClN2O6/c1-11(2)20(26-21(28)18-12-4-5-13(8-12)19(18)22(26)29)23(30)32-10-17(27)25-15-9-14(24)6-7-16(15)31-3/h4-7,9,11-13,18-20H,8,10H2,1-3H3,(H,25,27)/t12-,13-,18-,19+,20-/m0/s1. The number of allylic oxidation sites excluding steroid dienone is 2. The van der Waals surface area contributed by atoms with E-state index in [1.807, 2.05) is 12.2 Å². The van der Waals surface area contributed by atoms with Gasteiger partial charge >= 0.3 is 5.97 Å². The first-order valence-corrected chi connectivity index (χ1v) is 11.0. The zero-order chi connectivity index (χ0) is 23.2. The van der Waals surface area contributed by atoms with E-state index in [9.17, 15) is 19.2 Å². The first kappa shape index (κ1) is 22.3. The number of ether oxygens (including phenoxy) is 2. The predicted octanol–water partition coefficient (Wildman–Crippen LogP) is 2.66. The Morgan fingerprint density at radius 1 is 1.16 bits per heavy atom. The Bertz CT molecular complexity index is 976. The van der Waals surface area contributed by atoms with Crippen molar-refractivity contribution in [2.45, 2.75) is 26.3 Å². The van der Waals surface area contributed by atoms with Crippen molar-refractivity contribution >= 4 is 41.0 Å². The van der Waals surface area contributed by atoms with Gasteiger partial charge in [-0.3, -0.25) is 19.3 Å². The molecule has 4 rings (SSSR count). The highest BCUT2D eigenvalue weighted by Gasteiger charge is 2.61. The number of hydrogen-bond acceptors (Lipinski definition) is 6. The minimum absolute atomic E-state index is 0.0498. The molecule has 1 aromatic rings. The molecule has 2 bridgehead atoms. The van der Waals surface area contributed by atoms with Gasteiger partial charge in [0.1, 0.15) is 11.8 Å². The third kappa shape index (κ3) is 3.77. The smallest absolute Gasteiger partial charge is 0.330 e. The number of imide groups is 1. The lowest BCUT2D eigenvalue weighted by Crippen LogP contribution is -2.50. The Hall–Kier alpha value is -2.87. The molecule has 1 aromatic carbocycles. The van der Waals surface area contributed by atoms with E-state index in [0.29, 0.717) is 16.5 Å². The van der Waals surface area contributed by atoms with Crippen LogP contribution in [0.25, 0.3) is 0 Å². The highest BCUT2D eigenvalue weighted by Crippen LogP contribution is 2.53. The second-order valence-corrected chi connectivity index (χ2v) is 9.17. The van der Waals surface area contributed by atoms with Crippen molar-refractivity contribution in [3.8, 4) is 5.75 Å². The molecule has 1 heterocycles. The number of carbonyl (C=O) groups is 4. The largest absolute Gasteiger partial charge is 0.495 e. The molecule has 1 saturated heterocycles. The summed E-state index contributed by atoms with van der Waals surface area (Å²) in [6, 6.07) is 3.65. The van der Waals surface area contributed by atoms with Crippen LogP contribution >= 0.6 is 11.6 Å². The zero-order valence-electron chi connectivity index (χ0n) is 18.0. The van der Waals surface area contributed by atoms with Gasteiger partial charge in [-0.05, 0) is 42.4 Å². The number of fused-ring (bicyclic) bond motifs is 5. The maximum Gasteiger partial charge on any atom is 0.330 e. The van der Waals surface area contributed by atoms with E-state index in [1.165, 1.54) is 13.2 Å². The SMILES string of the molecule is COc1ccc(Cl)cc1NC(=O)COC(=O)[C@H](C(C)C)N1C(=O)[C@@H]2[C@H](C1=O)[C@H]1C=C[C@H]2C1. The number of nitrogens with zero attached hydrogens (tertiary/aromatic N) is 1. The van der Waals surface area contributed by atoms with Crippen LogP contribution in [0, 0.1) is 29.6 Å². The molecule has 3 aliphatic rings. The summed E-state index contributed by atoms with van der Waals surface area (Å²) in [6.07, 6.45) is 4.81. The molecule has 0 unspecified atom stereocenters. The summed E-state index contributed by atoms with van der Waals surface area (Å²) in [5.74, 6) is -2.68. The van der Waals surface area contributed by atoms with E-state index in [0.717, 1.165) is 11.3 Å². The molecule has 5 atom stereocenters. The number of benzene rings is 1. The van der Waals surface area contributed by atoms with Crippen molar-refractivity contribution < 1.29 is 28.7 Å². The summed E-state index contributed by atoms with van der Waals surface area (Å²) in [5.41, 5.74) is 0.335. The third-order valence-electron chi connectivity index (χ3n) is 6.44. The summed E-state index contributed by atoms with van der Waals surface area (Å²) in [5, 5.41) is 2.98. The molecule has 1 saturated carbocycles. The monoisotopic (exact) mass is 460 g/mol. The van der Waals surface area contributed by atoms with Gasteiger partial charge < -0.3 is 14.8 Å². The Morgan fingerprint density at radius 3 is 2.34 bits per heavy atom. The molecule has 32 heavy (non-hydrogen) atoms. The second-order valence-electron chi connectivity index (χ2n) is 8.74. The van der Waals surface area contributed by atoms with E-state index in [4.69, 9.17) is 21.1 Å². The first-order valence-electron chi connectivity index (χ1n) is 10.6. The molecule has 0 aromatic heterocycles. The van der Waals surface area contributed by atoms with Gasteiger partial charge in [-0.1, -0.05) is 37.6 Å². The maximum atomic E-state index is 13.1. The van der Waals surface area contributed by atoms with E-state index in [-0.39, 0.29) is 29.6 Å². The number of likely N-dealkylation sites (tertiary alicyclic amines) is 1. The number of esters is 1. The molecular formula is C23H25ClN2O6. The topological polar surface area (TPSA) is 102 Å². The Morgan fingerprint density at radius 2 is 1.78 bits per heavy atom. The van der Waals surface area contributed by atoms with Crippen molar-refractivity contribution in [2.24, 2.45) is 29.6 Å². The average Bonchev–Trinajstić information content (AvgIpc) is 3.42. The Balaban J connectivity index is 1.42. The molecule has 1 N–H and O–H groups in total. The van der Waals surface area contributed by atoms with Crippen molar-refractivity contribution in [1.82, 2.24) is 4.90 Å². The predicted molar refractivity (Wildman–Crippen MR) is 116 cm³/mol. The number of amides is 3. The molecule has 0 radical (unpaired) electrons. The van der Waals surface area contributed by atoms with Gasteiger partial charge in [-0.2, -0.15) is 0 Å². The third-order valence-corrected chi connectivity index (χ3v) is 6.67. The Labute approximate surface area is 190 Å². The molecule has 2 aliphatic carbocycles. The minimum atomic E-state index is -1.08. The fourth-order valence-corrected chi connectivity index (χ4v) is 5.23. The average molecular weight is 461 g/mol. The van der Waals surface area contributed by atoms with Crippen LogP contribution < -0.4 is 10.1 Å². The lowest BCUT2D eigenvalue weighted by molar-refractivity contribution is -0.162. The van der Waals surface area contributed by atoms with Crippen LogP contribution in [0.4, 0.5) is 5.69 Å². The van der Waals surface area contributed by atoms with Crippen LogP contribution in [0.5, 0.6) is 5.75 Å². The van der Waals surface area contributed by atoms with Gasteiger partial charge in [0, 0.05) is 5.02 Å². The fraction of sp³-hybridized carbons (Fsp3) is 0.478. The number of halogens is 1. The molecule has 1 aliphatic heterocycles. The summed E-state index contributed by atoms with van der Waals surface area (Å²) >= 11 is 5.96. The van der Waals surface area contributed by atoms with Crippen molar-refractivity contribution in [2.75, 3.05) is 19.0 Å². The summed E-state index contributed by atoms with van der Waals surface area (Å²) in [6.45, 7) is 2.91. The van der Waals surface area contributed by atoms with Gasteiger partial charge in [0.15, 0.2) is 6.61 Å². The number of nitrogens with one attached hydrogen (secondary N) is 1. The molecule has 2 fully saturated rings. The number of carbonyl (C=O) groups excluding carboxylic acids is 4. The van der Waals surface area contributed by atoms with Gasteiger partial charge in [0.25, 0.3) is 5.91 Å². The summed E-state index contributed by atoms with van der Waals surface area (Å²) < 4.78 is 10.4.